The molecule has 258 valence electrons. The number of hydrogen-bond donors (Lipinski definition) is 0. The van der Waals surface area contributed by atoms with E-state index in [1.54, 1.807) is 67.9 Å². The average molecular weight is 867 g/mol. The molecule has 48 heavy (non-hydrogen) atoms. The van der Waals surface area contributed by atoms with E-state index in [1.807, 2.05) is 41.5 Å². The first-order valence-electron chi connectivity index (χ1n) is 14.6. The SMILES string of the molecule is CC(C)(C)c1ccnc(-c2nc(C(F)(F)F)nn2P(C)(C)(c2ccccc2)n2nc(C(F)(F)F)nc2-c2cc(C(C)(C)C)ccn2)c1.[Os]. The summed E-state index contributed by atoms with van der Waals surface area (Å²) in [6.07, 6.45) is -7.08. The molecule has 0 unspecified atom stereocenters. The molecule has 0 aliphatic heterocycles. The van der Waals surface area contributed by atoms with E-state index >= 15 is 0 Å². The van der Waals surface area contributed by atoms with Crippen LogP contribution < -0.4 is 5.30 Å². The van der Waals surface area contributed by atoms with Crippen molar-refractivity contribution in [1.29, 1.82) is 0 Å². The summed E-state index contributed by atoms with van der Waals surface area (Å²) >= 11 is 0. The second kappa shape index (κ2) is 12.1. The standard InChI is InChI=1S/C32H35F6N8P.Os/c1-29(2,3)20-14-16-39-23(18-20)25-41-27(31(33,34)35)43-45(25)47(7,8,22-12-10-9-11-13-22)46-26(42-28(44-46)32(36,37)38)24-19-21(15-17-40-24)30(4,5)6;/h9-19H,1-8H3;. The summed E-state index contributed by atoms with van der Waals surface area (Å²) in [5.74, 6) is -3.54. The molecule has 0 aliphatic rings. The zero-order chi connectivity index (χ0) is 34.8. The monoisotopic (exact) mass is 868 g/mol. The minimum atomic E-state index is -4.99. The molecule has 0 saturated heterocycles. The summed E-state index contributed by atoms with van der Waals surface area (Å²) < 4.78 is 88.6. The molecule has 0 fully saturated rings. The van der Waals surface area contributed by atoms with Gasteiger partial charge in [-0.2, -0.15) is 0 Å². The summed E-state index contributed by atoms with van der Waals surface area (Å²) in [5, 5.41) is 8.39. The minimum Gasteiger partial charge on any atom is 0 e. The van der Waals surface area contributed by atoms with Crippen LogP contribution in [0, 0.1) is 0 Å². The second-order valence-electron chi connectivity index (χ2n) is 14.0. The predicted octanol–water partition coefficient (Wildman–Crippen LogP) is 7.99. The topological polar surface area (TPSA) is 87.2 Å². The van der Waals surface area contributed by atoms with E-state index in [9.17, 15) is 26.3 Å². The Labute approximate surface area is 287 Å². The van der Waals surface area contributed by atoms with Gasteiger partial charge in [0.2, 0.25) is 0 Å². The summed E-state index contributed by atoms with van der Waals surface area (Å²) in [6, 6.07) is 14.9. The predicted molar refractivity (Wildman–Crippen MR) is 170 cm³/mol. The molecule has 1 aromatic carbocycles. The maximum atomic E-state index is 14.4. The molecular formula is C32H35F6N8OsP. The van der Waals surface area contributed by atoms with E-state index in [0.717, 1.165) is 20.0 Å². The van der Waals surface area contributed by atoms with Crippen LogP contribution >= 0.6 is 6.90 Å². The number of halogens is 6. The number of hydrogen-bond acceptors (Lipinski definition) is 6. The maximum Gasteiger partial charge on any atom is 0 e. The Balaban J connectivity index is 0.00000520. The van der Waals surface area contributed by atoms with Gasteiger partial charge in [0, 0.05) is 19.8 Å². The molecule has 0 radical (unpaired) electrons. The van der Waals surface area contributed by atoms with Gasteiger partial charge in [0.25, 0.3) is 0 Å². The molecule has 5 aromatic rings. The van der Waals surface area contributed by atoms with Crippen LogP contribution in [-0.2, 0) is 43.0 Å². The van der Waals surface area contributed by atoms with Gasteiger partial charge >= 0.3 is 268 Å². The van der Waals surface area contributed by atoms with Crippen molar-refractivity contribution < 1.29 is 46.1 Å². The Morgan fingerprint density at radius 1 is 0.583 bits per heavy atom. The Bertz CT molecular complexity index is 1820. The van der Waals surface area contributed by atoms with Crippen molar-refractivity contribution in [3.63, 3.8) is 0 Å². The summed E-state index contributed by atoms with van der Waals surface area (Å²) in [4.78, 5) is 16.6. The van der Waals surface area contributed by atoms with Crippen LogP contribution in [-0.4, -0.2) is 52.4 Å². The fourth-order valence-corrected chi connectivity index (χ4v) is 8.93. The number of alkyl halides is 6. The second-order valence-corrected chi connectivity index (χ2v) is 19.2. The zero-order valence-corrected chi connectivity index (χ0v) is 30.9. The van der Waals surface area contributed by atoms with Crippen LogP contribution in [0.4, 0.5) is 26.3 Å². The van der Waals surface area contributed by atoms with Gasteiger partial charge in [0.05, 0.1) is 0 Å². The molecule has 0 N–H and O–H groups in total. The molecule has 8 nitrogen and oxygen atoms in total. The van der Waals surface area contributed by atoms with Crippen molar-refractivity contribution >= 4 is 12.2 Å². The van der Waals surface area contributed by atoms with Crippen LogP contribution in [0.15, 0.2) is 67.0 Å². The van der Waals surface area contributed by atoms with Crippen LogP contribution in [0.1, 0.15) is 64.3 Å². The van der Waals surface area contributed by atoms with Gasteiger partial charge in [0.1, 0.15) is 0 Å². The van der Waals surface area contributed by atoms with E-state index in [1.165, 1.54) is 12.4 Å². The summed E-state index contributed by atoms with van der Waals surface area (Å²) in [5.41, 5.74) is 0.787. The first-order valence-corrected chi connectivity index (χ1v) is 17.6. The Kier molecular flexibility index (Phi) is 9.39. The van der Waals surface area contributed by atoms with Gasteiger partial charge in [-0.15, -0.1) is 0 Å². The van der Waals surface area contributed by atoms with Crippen molar-refractivity contribution in [1.82, 2.24) is 39.0 Å². The maximum absolute atomic E-state index is 14.4. The van der Waals surface area contributed by atoms with Gasteiger partial charge in [-0.25, -0.2) is 0 Å². The van der Waals surface area contributed by atoms with Crippen LogP contribution in [0.3, 0.4) is 0 Å². The van der Waals surface area contributed by atoms with E-state index in [2.05, 4.69) is 30.1 Å². The molecule has 0 amide bonds. The zero-order valence-electron chi connectivity index (χ0n) is 27.5. The van der Waals surface area contributed by atoms with Gasteiger partial charge < -0.3 is 0 Å². The fourth-order valence-electron chi connectivity index (χ4n) is 5.19. The average Bonchev–Trinajstić information content (AvgIpc) is 3.65. The molecular weight excluding hydrogens is 832 g/mol. The normalized spacial score (nSPS) is 13.9. The van der Waals surface area contributed by atoms with Crippen molar-refractivity contribution in [2.75, 3.05) is 13.3 Å². The molecule has 0 atom stereocenters. The quantitative estimate of drug-likeness (QED) is 0.132. The summed E-state index contributed by atoms with van der Waals surface area (Å²) in [7, 11) is 0. The minimum absolute atomic E-state index is 0. The van der Waals surface area contributed by atoms with Crippen LogP contribution in [0.5, 0.6) is 0 Å². The van der Waals surface area contributed by atoms with E-state index in [4.69, 9.17) is 0 Å². The molecule has 5 rings (SSSR count). The van der Waals surface area contributed by atoms with E-state index < -0.39 is 41.7 Å². The molecule has 0 bridgehead atoms. The van der Waals surface area contributed by atoms with Gasteiger partial charge in [-0.3, -0.25) is 0 Å². The van der Waals surface area contributed by atoms with Crippen LogP contribution in [0.2, 0.25) is 0 Å². The third kappa shape index (κ3) is 6.68. The Morgan fingerprint density at radius 3 is 1.29 bits per heavy atom. The number of nitrogens with zero attached hydrogens (tertiary/aromatic N) is 8. The molecule has 0 saturated carbocycles. The molecule has 16 heteroatoms. The third-order valence-electron chi connectivity index (χ3n) is 8.02. The number of rotatable bonds is 5. The Hall–Kier alpha value is -3.55. The molecule has 0 aliphatic carbocycles. The van der Waals surface area contributed by atoms with E-state index in [-0.39, 0.29) is 42.8 Å². The molecule has 4 heterocycles. The van der Waals surface area contributed by atoms with Crippen molar-refractivity contribution in [3.8, 4) is 23.0 Å². The number of aromatic nitrogens is 8. The first-order chi connectivity index (χ1) is 21.5. The summed E-state index contributed by atoms with van der Waals surface area (Å²) in [6.45, 7) is 9.99. The van der Waals surface area contributed by atoms with Gasteiger partial charge in [-0.1, -0.05) is 0 Å². The van der Waals surface area contributed by atoms with Crippen molar-refractivity contribution in [3.05, 3.63) is 89.8 Å². The van der Waals surface area contributed by atoms with E-state index in [0.29, 0.717) is 5.30 Å². The third-order valence-corrected chi connectivity index (χ3v) is 12.6. The van der Waals surface area contributed by atoms with Gasteiger partial charge in [-0.05, 0) is 0 Å². The number of pyridine rings is 2. The number of benzene rings is 1. The van der Waals surface area contributed by atoms with Crippen molar-refractivity contribution in [2.24, 2.45) is 0 Å². The smallest absolute Gasteiger partial charge is 0 e. The Morgan fingerprint density at radius 2 is 0.958 bits per heavy atom. The molecule has 0 spiro atoms. The van der Waals surface area contributed by atoms with Gasteiger partial charge in [0.15, 0.2) is 0 Å². The van der Waals surface area contributed by atoms with Crippen LogP contribution in [0.25, 0.3) is 23.0 Å². The first kappa shape index (κ1) is 37.3. The fraction of sp³-hybridized carbons (Fsp3) is 0.375. The molecule has 4 aromatic heterocycles. The largest absolute Gasteiger partial charge is 0 e. The van der Waals surface area contributed by atoms with Crippen molar-refractivity contribution in [2.45, 2.75) is 64.7 Å².